The van der Waals surface area contributed by atoms with Crippen molar-refractivity contribution >= 4 is 33.1 Å². The molecule has 142 valence electrons. The van der Waals surface area contributed by atoms with Crippen LogP contribution in [0.3, 0.4) is 0 Å². The van der Waals surface area contributed by atoms with Gasteiger partial charge in [-0.2, -0.15) is 0 Å². The van der Waals surface area contributed by atoms with Gasteiger partial charge in [-0.25, -0.2) is 9.97 Å². The van der Waals surface area contributed by atoms with Crippen LogP contribution in [0.2, 0.25) is 0 Å². The van der Waals surface area contributed by atoms with E-state index in [2.05, 4.69) is 71.8 Å². The average Bonchev–Trinajstić information content (AvgIpc) is 3.13. The van der Waals surface area contributed by atoms with Gasteiger partial charge < -0.3 is 10.1 Å². The second kappa shape index (κ2) is 7.60. The maximum absolute atomic E-state index is 5.51. The van der Waals surface area contributed by atoms with Crippen LogP contribution in [-0.4, -0.2) is 17.1 Å². The molecule has 0 atom stereocenters. The van der Waals surface area contributed by atoms with Crippen molar-refractivity contribution in [2.45, 2.75) is 26.7 Å². The molecule has 0 radical (unpaired) electrons. The van der Waals surface area contributed by atoms with E-state index in [1.165, 1.54) is 11.1 Å². The molecule has 0 saturated heterocycles. The molecule has 0 saturated carbocycles. The fourth-order valence-corrected chi connectivity index (χ4v) is 4.19. The summed E-state index contributed by atoms with van der Waals surface area (Å²) in [6.45, 7) is 6.48. The number of methoxy groups -OCH3 is 1. The van der Waals surface area contributed by atoms with Crippen molar-refractivity contribution < 1.29 is 4.74 Å². The zero-order valence-electron chi connectivity index (χ0n) is 16.5. The number of rotatable bonds is 5. The number of nitrogens with zero attached hydrogens (tertiary/aromatic N) is 2. The Bertz CT molecular complexity index is 1120. The fraction of sp³-hybridized carbons (Fsp3) is 0.217. The number of fused-ring (bicyclic) bond motifs is 1. The summed E-state index contributed by atoms with van der Waals surface area (Å²) in [7, 11) is 1.68. The maximum atomic E-state index is 5.51. The van der Waals surface area contributed by atoms with E-state index < -0.39 is 0 Å². The third-order valence-corrected chi connectivity index (χ3v) is 5.75. The average molecular weight is 390 g/mol. The van der Waals surface area contributed by atoms with Crippen molar-refractivity contribution in [2.75, 3.05) is 12.4 Å². The molecule has 0 amide bonds. The predicted octanol–water partition coefficient (Wildman–Crippen LogP) is 6.54. The Morgan fingerprint density at radius 3 is 2.54 bits per heavy atom. The van der Waals surface area contributed by atoms with E-state index in [0.29, 0.717) is 5.92 Å². The molecular weight excluding hydrogens is 366 g/mol. The molecule has 4 nitrogen and oxygen atoms in total. The largest absolute Gasteiger partial charge is 0.495 e. The number of benzene rings is 2. The molecule has 2 aromatic carbocycles. The van der Waals surface area contributed by atoms with Gasteiger partial charge in [-0.3, -0.25) is 0 Å². The number of hydrogen-bond donors (Lipinski definition) is 1. The molecule has 28 heavy (non-hydrogen) atoms. The van der Waals surface area contributed by atoms with Gasteiger partial charge in [-0.15, -0.1) is 11.3 Å². The number of nitrogens with one attached hydrogen (secondary N) is 1. The summed E-state index contributed by atoms with van der Waals surface area (Å²) in [4.78, 5) is 9.98. The van der Waals surface area contributed by atoms with Crippen molar-refractivity contribution in [1.82, 2.24) is 9.97 Å². The minimum absolute atomic E-state index is 0.516. The molecule has 5 heteroatoms. The highest BCUT2D eigenvalue weighted by Crippen LogP contribution is 2.39. The monoisotopic (exact) mass is 389 g/mol. The summed E-state index contributed by atoms with van der Waals surface area (Å²) < 4.78 is 5.51. The van der Waals surface area contributed by atoms with Gasteiger partial charge in [0.15, 0.2) is 0 Å². The van der Waals surface area contributed by atoms with Crippen LogP contribution in [0.4, 0.5) is 11.5 Å². The Labute approximate surface area is 169 Å². The number of aryl methyl sites for hydroxylation is 1. The van der Waals surface area contributed by atoms with Crippen LogP contribution < -0.4 is 10.1 Å². The number of aromatic nitrogens is 2. The summed E-state index contributed by atoms with van der Waals surface area (Å²) in [5, 5.41) is 6.65. The molecule has 1 N–H and O–H groups in total. The van der Waals surface area contributed by atoms with Gasteiger partial charge >= 0.3 is 0 Å². The summed E-state index contributed by atoms with van der Waals surface area (Å²) in [6.07, 6.45) is 1.61. The first-order valence-electron chi connectivity index (χ1n) is 9.31. The molecule has 4 aromatic rings. The molecule has 0 aliphatic rings. The highest BCUT2D eigenvalue weighted by molar-refractivity contribution is 7.17. The van der Waals surface area contributed by atoms with E-state index in [4.69, 9.17) is 4.74 Å². The van der Waals surface area contributed by atoms with Gasteiger partial charge in [-0.05, 0) is 41.7 Å². The predicted molar refractivity (Wildman–Crippen MR) is 118 cm³/mol. The van der Waals surface area contributed by atoms with E-state index in [9.17, 15) is 0 Å². The van der Waals surface area contributed by atoms with Crippen molar-refractivity contribution in [2.24, 2.45) is 0 Å². The lowest BCUT2D eigenvalue weighted by Crippen LogP contribution is -1.98. The molecule has 0 aliphatic heterocycles. The minimum Gasteiger partial charge on any atom is -0.495 e. The molecule has 4 rings (SSSR count). The Balaban J connectivity index is 1.80. The van der Waals surface area contributed by atoms with E-state index in [-0.39, 0.29) is 0 Å². The van der Waals surface area contributed by atoms with Crippen LogP contribution in [0.5, 0.6) is 5.75 Å². The Hall–Kier alpha value is -2.92. The SMILES string of the molecule is COc1ccc(C)cc1Nc1ncnc2scc(-c3ccc(C(C)C)cc3)c12. The lowest BCUT2D eigenvalue weighted by molar-refractivity contribution is 0.416. The van der Waals surface area contributed by atoms with Gasteiger partial charge in [0, 0.05) is 10.9 Å². The van der Waals surface area contributed by atoms with E-state index in [0.717, 1.165) is 38.6 Å². The summed E-state index contributed by atoms with van der Waals surface area (Å²) >= 11 is 1.63. The van der Waals surface area contributed by atoms with Gasteiger partial charge in [0.25, 0.3) is 0 Å². The third kappa shape index (κ3) is 3.45. The van der Waals surface area contributed by atoms with Crippen molar-refractivity contribution in [1.29, 1.82) is 0 Å². The van der Waals surface area contributed by atoms with Crippen LogP contribution in [0, 0.1) is 6.92 Å². The van der Waals surface area contributed by atoms with Gasteiger partial charge in [-0.1, -0.05) is 44.2 Å². The van der Waals surface area contributed by atoms with Crippen LogP contribution in [0.1, 0.15) is 30.9 Å². The lowest BCUT2D eigenvalue weighted by Gasteiger charge is -2.13. The van der Waals surface area contributed by atoms with Crippen LogP contribution in [0.25, 0.3) is 21.3 Å². The summed E-state index contributed by atoms with van der Waals surface area (Å²) in [6, 6.07) is 14.8. The minimum atomic E-state index is 0.516. The molecule has 2 heterocycles. The molecular formula is C23H23N3OS. The van der Waals surface area contributed by atoms with Crippen molar-refractivity contribution in [3.63, 3.8) is 0 Å². The second-order valence-electron chi connectivity index (χ2n) is 7.16. The molecule has 0 unspecified atom stereocenters. The molecule has 0 fully saturated rings. The zero-order chi connectivity index (χ0) is 19.7. The normalized spacial score (nSPS) is 11.2. The van der Waals surface area contributed by atoms with Crippen LogP contribution in [0.15, 0.2) is 54.2 Å². The highest BCUT2D eigenvalue weighted by atomic mass is 32.1. The third-order valence-electron chi connectivity index (χ3n) is 4.87. The molecule has 0 aliphatic carbocycles. The Morgan fingerprint density at radius 1 is 1.04 bits per heavy atom. The van der Waals surface area contributed by atoms with Gasteiger partial charge in [0.1, 0.15) is 22.7 Å². The number of thiophene rings is 1. The van der Waals surface area contributed by atoms with E-state index >= 15 is 0 Å². The molecule has 2 aromatic heterocycles. The maximum Gasteiger partial charge on any atom is 0.143 e. The number of ether oxygens (including phenoxy) is 1. The Morgan fingerprint density at radius 2 is 1.82 bits per heavy atom. The van der Waals surface area contributed by atoms with E-state index in [1.807, 2.05) is 12.1 Å². The smallest absolute Gasteiger partial charge is 0.143 e. The summed E-state index contributed by atoms with van der Waals surface area (Å²) in [5.74, 6) is 2.09. The van der Waals surface area contributed by atoms with E-state index in [1.54, 1.807) is 24.8 Å². The van der Waals surface area contributed by atoms with Gasteiger partial charge in [0.2, 0.25) is 0 Å². The quantitative estimate of drug-likeness (QED) is 0.421. The highest BCUT2D eigenvalue weighted by Gasteiger charge is 2.15. The van der Waals surface area contributed by atoms with Crippen LogP contribution in [-0.2, 0) is 0 Å². The molecule has 0 spiro atoms. The topological polar surface area (TPSA) is 47.0 Å². The standard InChI is InChI=1S/C23H23N3OS/c1-14(2)16-6-8-17(9-7-16)18-12-28-23-21(18)22(24-13-25-23)26-19-11-15(3)5-10-20(19)27-4/h5-14H,1-4H3,(H,24,25,26). The fourth-order valence-electron chi connectivity index (χ4n) is 3.28. The first-order valence-corrected chi connectivity index (χ1v) is 10.2. The van der Waals surface area contributed by atoms with Crippen molar-refractivity contribution in [3.8, 4) is 16.9 Å². The Kier molecular flexibility index (Phi) is 5.01. The zero-order valence-corrected chi connectivity index (χ0v) is 17.3. The number of hydrogen-bond acceptors (Lipinski definition) is 5. The first-order chi connectivity index (χ1) is 13.6. The lowest BCUT2D eigenvalue weighted by atomic mass is 9.99. The van der Waals surface area contributed by atoms with Crippen LogP contribution >= 0.6 is 11.3 Å². The number of anilines is 2. The summed E-state index contributed by atoms with van der Waals surface area (Å²) in [5.41, 5.74) is 5.70. The van der Waals surface area contributed by atoms with Crippen molar-refractivity contribution in [3.05, 3.63) is 65.3 Å². The first kappa shape index (κ1) is 18.4. The second-order valence-corrected chi connectivity index (χ2v) is 8.02. The molecule has 0 bridgehead atoms. The van der Waals surface area contributed by atoms with Gasteiger partial charge in [0.05, 0.1) is 18.2 Å².